The molecule has 0 radical (unpaired) electrons. The van der Waals surface area contributed by atoms with Crippen molar-refractivity contribution in [2.24, 2.45) is 5.92 Å². The van der Waals surface area contributed by atoms with Crippen molar-refractivity contribution in [2.75, 3.05) is 12.4 Å². The van der Waals surface area contributed by atoms with E-state index in [-0.39, 0.29) is 11.5 Å². The number of hydrogen-bond acceptors (Lipinski definition) is 6. The van der Waals surface area contributed by atoms with Crippen LogP contribution in [-0.4, -0.2) is 23.9 Å². The number of methoxy groups -OCH3 is 1. The smallest absolute Gasteiger partial charge is 0.387 e. The minimum absolute atomic E-state index is 0.00995. The Morgan fingerprint density at radius 1 is 1.24 bits per heavy atom. The summed E-state index contributed by atoms with van der Waals surface area (Å²) < 4.78 is 40.0. The first kappa shape index (κ1) is 17.4. The van der Waals surface area contributed by atoms with Gasteiger partial charge in [-0.05, 0) is 36.5 Å². The summed E-state index contributed by atoms with van der Waals surface area (Å²) in [4.78, 5) is 0. The van der Waals surface area contributed by atoms with Crippen LogP contribution in [0.15, 0.2) is 22.6 Å². The molecule has 0 unspecified atom stereocenters. The molecule has 2 aromatic rings. The Bertz CT molecular complexity index is 688. The summed E-state index contributed by atoms with van der Waals surface area (Å²) >= 11 is 0. The summed E-state index contributed by atoms with van der Waals surface area (Å²) in [7, 11) is 1.40. The first-order valence-electron chi connectivity index (χ1n) is 8.32. The van der Waals surface area contributed by atoms with Crippen LogP contribution in [0.1, 0.15) is 37.1 Å². The molecular weight excluding hydrogens is 332 g/mol. The summed E-state index contributed by atoms with van der Waals surface area (Å²) in [6.07, 6.45) is 5.77. The highest BCUT2D eigenvalue weighted by molar-refractivity contribution is 5.43. The van der Waals surface area contributed by atoms with E-state index in [1.54, 1.807) is 12.1 Å². The van der Waals surface area contributed by atoms with Gasteiger partial charge in [-0.15, -0.1) is 5.10 Å². The average Bonchev–Trinajstić information content (AvgIpc) is 3.25. The number of nitrogens with one attached hydrogen (secondary N) is 1. The normalized spacial score (nSPS) is 14.9. The molecule has 1 fully saturated rings. The van der Waals surface area contributed by atoms with E-state index in [0.29, 0.717) is 24.4 Å². The third-order valence-corrected chi connectivity index (χ3v) is 4.29. The fourth-order valence-corrected chi connectivity index (χ4v) is 3.07. The second-order valence-corrected chi connectivity index (χ2v) is 6.07. The molecule has 1 aromatic heterocycles. The second-order valence-electron chi connectivity index (χ2n) is 6.07. The van der Waals surface area contributed by atoms with Crippen molar-refractivity contribution in [1.29, 1.82) is 0 Å². The zero-order chi connectivity index (χ0) is 17.6. The zero-order valence-electron chi connectivity index (χ0n) is 14.0. The fourth-order valence-electron chi connectivity index (χ4n) is 3.07. The Hall–Kier alpha value is -2.38. The highest BCUT2D eigenvalue weighted by Gasteiger charge is 2.18. The van der Waals surface area contributed by atoms with Crippen LogP contribution in [0.25, 0.3) is 0 Å². The van der Waals surface area contributed by atoms with Gasteiger partial charge >= 0.3 is 12.6 Å². The predicted molar refractivity (Wildman–Crippen MR) is 86.9 cm³/mol. The molecule has 1 aliphatic rings. The van der Waals surface area contributed by atoms with Crippen LogP contribution in [0.2, 0.25) is 0 Å². The number of alkyl halides is 2. The van der Waals surface area contributed by atoms with Crippen LogP contribution in [-0.2, 0) is 13.0 Å². The van der Waals surface area contributed by atoms with E-state index in [1.165, 1.54) is 38.9 Å². The topological polar surface area (TPSA) is 69.4 Å². The maximum Gasteiger partial charge on any atom is 0.387 e. The number of hydrogen-bond donors (Lipinski definition) is 1. The highest BCUT2D eigenvalue weighted by Crippen LogP contribution is 2.30. The lowest BCUT2D eigenvalue weighted by Gasteiger charge is -2.11. The quantitative estimate of drug-likeness (QED) is 0.773. The Balaban J connectivity index is 1.58. The lowest BCUT2D eigenvalue weighted by molar-refractivity contribution is -0.0512. The molecule has 3 rings (SSSR count). The molecule has 0 atom stereocenters. The number of ether oxygens (including phenoxy) is 2. The number of aromatic nitrogens is 2. The number of halogens is 2. The summed E-state index contributed by atoms with van der Waals surface area (Å²) in [5.74, 6) is 1.50. The van der Waals surface area contributed by atoms with Crippen LogP contribution in [0, 0.1) is 5.92 Å². The van der Waals surface area contributed by atoms with Crippen molar-refractivity contribution in [2.45, 2.75) is 45.3 Å². The molecule has 1 aromatic carbocycles. The SMILES string of the molecule is COc1ccc(CNc2nnc(CC3CCCC3)o2)cc1OC(F)F. The van der Waals surface area contributed by atoms with Gasteiger partial charge in [-0.25, -0.2) is 0 Å². The maximum absolute atomic E-state index is 12.5. The van der Waals surface area contributed by atoms with Crippen molar-refractivity contribution in [3.63, 3.8) is 0 Å². The van der Waals surface area contributed by atoms with Gasteiger partial charge < -0.3 is 19.2 Å². The van der Waals surface area contributed by atoms with E-state index in [0.717, 1.165) is 12.0 Å². The molecule has 8 heteroatoms. The predicted octanol–water partition coefficient (Wildman–Crippen LogP) is 4.02. The van der Waals surface area contributed by atoms with E-state index in [9.17, 15) is 8.78 Å². The van der Waals surface area contributed by atoms with Crippen molar-refractivity contribution < 1.29 is 22.7 Å². The molecule has 1 aliphatic carbocycles. The van der Waals surface area contributed by atoms with Crippen molar-refractivity contribution >= 4 is 6.01 Å². The Morgan fingerprint density at radius 2 is 2.04 bits per heavy atom. The van der Waals surface area contributed by atoms with Crippen molar-refractivity contribution in [3.8, 4) is 11.5 Å². The van der Waals surface area contributed by atoms with Gasteiger partial charge in [0.15, 0.2) is 11.5 Å². The monoisotopic (exact) mass is 353 g/mol. The summed E-state index contributed by atoms with van der Waals surface area (Å²) in [5, 5.41) is 11.0. The molecular formula is C17H21F2N3O3. The summed E-state index contributed by atoms with van der Waals surface area (Å²) in [6, 6.07) is 5.14. The maximum atomic E-state index is 12.5. The molecule has 1 N–H and O–H groups in total. The van der Waals surface area contributed by atoms with E-state index >= 15 is 0 Å². The van der Waals surface area contributed by atoms with Crippen LogP contribution in [0.5, 0.6) is 11.5 Å². The van der Waals surface area contributed by atoms with Crippen LogP contribution in [0.4, 0.5) is 14.8 Å². The van der Waals surface area contributed by atoms with E-state index in [2.05, 4.69) is 20.3 Å². The minimum atomic E-state index is -2.91. The number of benzene rings is 1. The molecule has 0 amide bonds. The van der Waals surface area contributed by atoms with Gasteiger partial charge in [-0.2, -0.15) is 8.78 Å². The molecule has 0 spiro atoms. The first-order chi connectivity index (χ1) is 12.1. The minimum Gasteiger partial charge on any atom is -0.493 e. The second kappa shape index (κ2) is 8.13. The van der Waals surface area contributed by atoms with Gasteiger partial charge in [-0.3, -0.25) is 0 Å². The molecule has 1 heterocycles. The Labute approximate surface area is 144 Å². The molecule has 0 saturated heterocycles. The van der Waals surface area contributed by atoms with E-state index in [1.807, 2.05) is 0 Å². The van der Waals surface area contributed by atoms with Crippen molar-refractivity contribution in [3.05, 3.63) is 29.7 Å². The average molecular weight is 353 g/mol. The van der Waals surface area contributed by atoms with Crippen LogP contribution >= 0.6 is 0 Å². The fraction of sp³-hybridized carbons (Fsp3) is 0.529. The molecule has 25 heavy (non-hydrogen) atoms. The van der Waals surface area contributed by atoms with Crippen LogP contribution < -0.4 is 14.8 Å². The lowest BCUT2D eigenvalue weighted by Crippen LogP contribution is -2.05. The van der Waals surface area contributed by atoms with Gasteiger partial charge in [0.1, 0.15) is 0 Å². The summed E-state index contributed by atoms with van der Waals surface area (Å²) in [5.41, 5.74) is 0.729. The van der Waals surface area contributed by atoms with E-state index < -0.39 is 6.61 Å². The van der Waals surface area contributed by atoms with Gasteiger partial charge in [0.2, 0.25) is 5.89 Å². The molecule has 0 aliphatic heterocycles. The van der Waals surface area contributed by atoms with Crippen LogP contribution in [0.3, 0.4) is 0 Å². The highest BCUT2D eigenvalue weighted by atomic mass is 19.3. The Kier molecular flexibility index (Phi) is 5.67. The van der Waals surface area contributed by atoms with Gasteiger partial charge in [-0.1, -0.05) is 24.0 Å². The van der Waals surface area contributed by atoms with Gasteiger partial charge in [0.25, 0.3) is 0 Å². The number of nitrogens with zero attached hydrogens (tertiary/aromatic N) is 2. The first-order valence-corrected chi connectivity index (χ1v) is 8.32. The molecule has 6 nitrogen and oxygen atoms in total. The van der Waals surface area contributed by atoms with E-state index in [4.69, 9.17) is 9.15 Å². The third-order valence-electron chi connectivity index (χ3n) is 4.29. The van der Waals surface area contributed by atoms with Gasteiger partial charge in [0, 0.05) is 13.0 Å². The summed E-state index contributed by atoms with van der Waals surface area (Å²) in [6.45, 7) is -2.57. The molecule has 136 valence electrons. The third kappa shape index (κ3) is 4.80. The molecule has 1 saturated carbocycles. The molecule has 0 bridgehead atoms. The van der Waals surface area contributed by atoms with Gasteiger partial charge in [0.05, 0.1) is 7.11 Å². The van der Waals surface area contributed by atoms with Crippen molar-refractivity contribution in [1.82, 2.24) is 10.2 Å². The number of rotatable bonds is 8. The largest absolute Gasteiger partial charge is 0.493 e. The Morgan fingerprint density at radius 3 is 2.76 bits per heavy atom. The standard InChI is InChI=1S/C17H21F2N3O3/c1-23-13-7-6-12(8-14(13)24-16(18)19)10-20-17-22-21-15(25-17)9-11-4-2-3-5-11/h6-8,11,16H,2-5,9-10H2,1H3,(H,20,22). The zero-order valence-corrected chi connectivity index (χ0v) is 14.0. The number of anilines is 1. The lowest BCUT2D eigenvalue weighted by atomic mass is 10.0.